The Kier molecular flexibility index (Phi) is 5.19. The van der Waals surface area contributed by atoms with Gasteiger partial charge in [-0.05, 0) is 57.7 Å². The van der Waals surface area contributed by atoms with Crippen LogP contribution in [0.4, 0.5) is 4.79 Å². The number of hydrogen-bond acceptors (Lipinski definition) is 4. The summed E-state index contributed by atoms with van der Waals surface area (Å²) in [6, 6.07) is 7.38. The molecule has 0 spiro atoms. The number of nitrogens with zero attached hydrogens (tertiary/aromatic N) is 1. The number of carbonyl (C=O) groups is 1. The molecular formula is C18H27NO4. The summed E-state index contributed by atoms with van der Waals surface area (Å²) < 4.78 is 10.6. The summed E-state index contributed by atoms with van der Waals surface area (Å²) in [5.41, 5.74) is -0.796. The molecule has 1 N–H and O–H groups in total. The Balaban J connectivity index is 2.18. The number of benzene rings is 1. The fraction of sp³-hybridized carbons (Fsp3) is 0.611. The van der Waals surface area contributed by atoms with Crippen molar-refractivity contribution in [3.8, 4) is 5.75 Å². The molecule has 2 rings (SSSR count). The van der Waals surface area contributed by atoms with E-state index in [1.54, 1.807) is 12.0 Å². The molecule has 1 aliphatic rings. The Bertz CT molecular complexity index is 535. The normalized spacial score (nSPS) is 22.4. The molecule has 5 nitrogen and oxygen atoms in total. The van der Waals surface area contributed by atoms with Gasteiger partial charge in [-0.15, -0.1) is 0 Å². The Hall–Kier alpha value is -1.75. The molecule has 1 fully saturated rings. The van der Waals surface area contributed by atoms with E-state index in [2.05, 4.69) is 0 Å². The summed E-state index contributed by atoms with van der Waals surface area (Å²) in [7, 11) is 1.61. The van der Waals surface area contributed by atoms with E-state index in [1.165, 1.54) is 0 Å². The predicted molar refractivity (Wildman–Crippen MR) is 88.5 cm³/mol. The molecule has 23 heavy (non-hydrogen) atoms. The van der Waals surface area contributed by atoms with E-state index in [9.17, 15) is 9.90 Å². The van der Waals surface area contributed by atoms with Gasteiger partial charge in [0.2, 0.25) is 0 Å². The third-order valence-corrected chi connectivity index (χ3v) is 4.00. The highest BCUT2D eigenvalue weighted by Crippen LogP contribution is 2.32. The Morgan fingerprint density at radius 3 is 2.43 bits per heavy atom. The number of carbonyl (C=O) groups excluding carboxylic acids is 1. The first-order chi connectivity index (χ1) is 10.7. The molecule has 1 atom stereocenters. The molecule has 1 amide bonds. The fourth-order valence-electron chi connectivity index (χ4n) is 2.81. The summed E-state index contributed by atoms with van der Waals surface area (Å²) in [5.74, 6) is 0.745. The van der Waals surface area contributed by atoms with Gasteiger partial charge in [-0.25, -0.2) is 4.79 Å². The van der Waals surface area contributed by atoms with E-state index in [0.717, 1.165) is 24.2 Å². The molecule has 1 aromatic carbocycles. The van der Waals surface area contributed by atoms with E-state index in [-0.39, 0.29) is 12.6 Å². The van der Waals surface area contributed by atoms with Crippen LogP contribution in [0.25, 0.3) is 0 Å². The van der Waals surface area contributed by atoms with Crippen molar-refractivity contribution in [1.29, 1.82) is 0 Å². The largest absolute Gasteiger partial charge is 0.497 e. The maximum absolute atomic E-state index is 12.4. The molecule has 1 heterocycles. The van der Waals surface area contributed by atoms with Crippen molar-refractivity contribution < 1.29 is 19.4 Å². The fourth-order valence-corrected chi connectivity index (χ4v) is 2.81. The monoisotopic (exact) mass is 321 g/mol. The van der Waals surface area contributed by atoms with Crippen molar-refractivity contribution in [1.82, 2.24) is 4.90 Å². The SMILES string of the molecule is COc1ccc(C2(O)CCCCN(C(=O)OC(C)(C)C)C2)cc1. The number of methoxy groups -OCH3 is 1. The number of rotatable bonds is 2. The number of hydrogen-bond donors (Lipinski definition) is 1. The van der Waals surface area contributed by atoms with Gasteiger partial charge in [0.1, 0.15) is 17.0 Å². The van der Waals surface area contributed by atoms with E-state index < -0.39 is 11.2 Å². The summed E-state index contributed by atoms with van der Waals surface area (Å²) in [4.78, 5) is 14.0. The summed E-state index contributed by atoms with van der Waals surface area (Å²) in [6.45, 7) is 6.39. The molecule has 0 aliphatic carbocycles. The maximum atomic E-state index is 12.4. The lowest BCUT2D eigenvalue weighted by Gasteiger charge is -2.33. The topological polar surface area (TPSA) is 59.0 Å². The van der Waals surface area contributed by atoms with Crippen LogP contribution in [0.15, 0.2) is 24.3 Å². The minimum absolute atomic E-state index is 0.244. The van der Waals surface area contributed by atoms with Gasteiger partial charge < -0.3 is 19.5 Å². The third-order valence-electron chi connectivity index (χ3n) is 4.00. The molecule has 1 unspecified atom stereocenters. The third kappa shape index (κ3) is 4.61. The first kappa shape index (κ1) is 17.6. The summed E-state index contributed by atoms with van der Waals surface area (Å²) in [5, 5.41) is 11.1. The van der Waals surface area contributed by atoms with E-state index in [1.807, 2.05) is 45.0 Å². The van der Waals surface area contributed by atoms with Crippen LogP contribution in [0, 0.1) is 0 Å². The van der Waals surface area contributed by atoms with Crippen LogP contribution in [-0.4, -0.2) is 41.9 Å². The van der Waals surface area contributed by atoms with Crippen LogP contribution in [0.1, 0.15) is 45.6 Å². The van der Waals surface area contributed by atoms with Crippen LogP contribution < -0.4 is 4.74 Å². The highest BCUT2D eigenvalue weighted by molar-refractivity contribution is 5.68. The first-order valence-corrected chi connectivity index (χ1v) is 8.08. The highest BCUT2D eigenvalue weighted by Gasteiger charge is 2.36. The van der Waals surface area contributed by atoms with Crippen LogP contribution in [0.2, 0.25) is 0 Å². The minimum atomic E-state index is -1.06. The van der Waals surface area contributed by atoms with Gasteiger partial charge in [-0.1, -0.05) is 12.1 Å². The number of aliphatic hydroxyl groups is 1. The number of ether oxygens (including phenoxy) is 2. The summed E-state index contributed by atoms with van der Waals surface area (Å²) >= 11 is 0. The predicted octanol–water partition coefficient (Wildman–Crippen LogP) is 3.30. The van der Waals surface area contributed by atoms with Crippen molar-refractivity contribution in [2.45, 2.75) is 51.2 Å². The molecule has 0 aromatic heterocycles. The van der Waals surface area contributed by atoms with Crippen molar-refractivity contribution >= 4 is 6.09 Å². The zero-order valence-electron chi connectivity index (χ0n) is 14.5. The van der Waals surface area contributed by atoms with Gasteiger partial charge in [0.15, 0.2) is 0 Å². The molecule has 5 heteroatoms. The van der Waals surface area contributed by atoms with Gasteiger partial charge in [-0.3, -0.25) is 0 Å². The zero-order valence-corrected chi connectivity index (χ0v) is 14.5. The molecular weight excluding hydrogens is 294 g/mol. The van der Waals surface area contributed by atoms with E-state index >= 15 is 0 Å². The second-order valence-corrected chi connectivity index (χ2v) is 7.12. The Morgan fingerprint density at radius 2 is 1.87 bits per heavy atom. The highest BCUT2D eigenvalue weighted by atomic mass is 16.6. The van der Waals surface area contributed by atoms with Crippen molar-refractivity contribution in [3.63, 3.8) is 0 Å². The Morgan fingerprint density at radius 1 is 1.22 bits per heavy atom. The molecule has 1 aliphatic heterocycles. The molecule has 1 saturated heterocycles. The second-order valence-electron chi connectivity index (χ2n) is 7.12. The van der Waals surface area contributed by atoms with Crippen molar-refractivity contribution in [2.75, 3.05) is 20.2 Å². The smallest absolute Gasteiger partial charge is 0.410 e. The van der Waals surface area contributed by atoms with Gasteiger partial charge in [0.05, 0.1) is 13.7 Å². The number of β-amino-alcohol motifs (C(OH)–C–C–N with tert-alkyl or cyclic N) is 1. The number of amides is 1. The van der Waals surface area contributed by atoms with Crippen LogP contribution in [0.5, 0.6) is 5.75 Å². The summed E-state index contributed by atoms with van der Waals surface area (Å²) in [6.07, 6.45) is 1.98. The van der Waals surface area contributed by atoms with Gasteiger partial charge in [0.25, 0.3) is 0 Å². The van der Waals surface area contributed by atoms with Gasteiger partial charge in [-0.2, -0.15) is 0 Å². The average Bonchev–Trinajstić information content (AvgIpc) is 2.69. The quantitative estimate of drug-likeness (QED) is 0.908. The lowest BCUT2D eigenvalue weighted by atomic mass is 9.89. The van der Waals surface area contributed by atoms with Crippen molar-refractivity contribution in [2.24, 2.45) is 0 Å². The van der Waals surface area contributed by atoms with E-state index in [0.29, 0.717) is 13.0 Å². The van der Waals surface area contributed by atoms with Gasteiger partial charge in [0, 0.05) is 6.54 Å². The lowest BCUT2D eigenvalue weighted by Crippen LogP contribution is -2.44. The molecule has 0 radical (unpaired) electrons. The maximum Gasteiger partial charge on any atom is 0.410 e. The van der Waals surface area contributed by atoms with Crippen LogP contribution in [0.3, 0.4) is 0 Å². The lowest BCUT2D eigenvalue weighted by molar-refractivity contribution is -0.0172. The molecule has 0 bridgehead atoms. The zero-order chi connectivity index (χ0) is 17.1. The minimum Gasteiger partial charge on any atom is -0.497 e. The van der Waals surface area contributed by atoms with Crippen molar-refractivity contribution in [3.05, 3.63) is 29.8 Å². The molecule has 128 valence electrons. The van der Waals surface area contributed by atoms with Gasteiger partial charge >= 0.3 is 6.09 Å². The second kappa shape index (κ2) is 6.79. The van der Waals surface area contributed by atoms with Crippen LogP contribution in [-0.2, 0) is 10.3 Å². The molecule has 1 aromatic rings. The molecule has 0 saturated carbocycles. The average molecular weight is 321 g/mol. The first-order valence-electron chi connectivity index (χ1n) is 8.08. The van der Waals surface area contributed by atoms with E-state index in [4.69, 9.17) is 9.47 Å². The van der Waals surface area contributed by atoms with Crippen LogP contribution >= 0.6 is 0 Å². The number of likely N-dealkylation sites (tertiary alicyclic amines) is 1. The Labute approximate surface area is 138 Å². The standard InChI is InChI=1S/C18H27NO4/c1-17(2,3)23-16(20)19-12-6-5-11-18(21,13-19)14-7-9-15(22-4)10-8-14/h7-10,21H,5-6,11-13H2,1-4H3.